The molecular weight excluding hydrogens is 641 g/mol. The van der Waals surface area contributed by atoms with E-state index in [4.69, 9.17) is 21.1 Å². The number of imide groups is 1. The molecular formula is C34H39ClFN7O5. The van der Waals surface area contributed by atoms with Crippen molar-refractivity contribution in [2.24, 2.45) is 0 Å². The lowest BCUT2D eigenvalue weighted by Gasteiger charge is -2.29. The van der Waals surface area contributed by atoms with E-state index in [1.54, 1.807) is 70.2 Å². The van der Waals surface area contributed by atoms with Crippen LogP contribution in [0.25, 0.3) is 21.9 Å². The standard InChI is InChI=1S/C34H39ClFN7O5/c1-9-41-11-10-21-14-27(40-42(21)18-28(41)44)39-26-13-20-12-22(30(36)29(35)24(20)16-38-26)23-15-37-17-25(19(23)2)43(31(45)47-33(3,4)5)32(46)48-34(6,7)8/h12-17H,9-11,18H2,1-8H3,(H,38,39,40). The fourth-order valence-corrected chi connectivity index (χ4v) is 5.57. The first-order valence-corrected chi connectivity index (χ1v) is 15.9. The highest BCUT2D eigenvalue weighted by Gasteiger charge is 2.34. The number of hydrogen-bond acceptors (Lipinski definition) is 9. The van der Waals surface area contributed by atoms with Gasteiger partial charge in [0.1, 0.15) is 29.4 Å². The minimum Gasteiger partial charge on any atom is -0.443 e. The molecule has 48 heavy (non-hydrogen) atoms. The van der Waals surface area contributed by atoms with Gasteiger partial charge in [-0.1, -0.05) is 11.6 Å². The number of amides is 3. The topological polar surface area (TPSA) is 132 Å². The first-order valence-electron chi connectivity index (χ1n) is 15.6. The van der Waals surface area contributed by atoms with Crippen LogP contribution >= 0.6 is 11.6 Å². The van der Waals surface area contributed by atoms with Gasteiger partial charge in [-0.25, -0.2) is 19.0 Å². The van der Waals surface area contributed by atoms with Crippen LogP contribution in [0, 0.1) is 12.7 Å². The molecule has 0 saturated carbocycles. The number of likely N-dealkylation sites (N-methyl/N-ethyl adjacent to an activating group) is 1. The van der Waals surface area contributed by atoms with Crippen LogP contribution in [0.2, 0.25) is 5.02 Å². The van der Waals surface area contributed by atoms with Crippen molar-refractivity contribution in [2.45, 2.75) is 79.6 Å². The second-order valence-electron chi connectivity index (χ2n) is 13.5. The molecule has 14 heteroatoms. The predicted molar refractivity (Wildman–Crippen MR) is 181 cm³/mol. The summed E-state index contributed by atoms with van der Waals surface area (Å²) in [4.78, 5) is 50.4. The van der Waals surface area contributed by atoms with E-state index in [-0.39, 0.29) is 28.7 Å². The molecule has 3 amide bonds. The number of benzene rings is 1. The molecule has 1 aliphatic rings. The average molecular weight is 680 g/mol. The molecule has 0 radical (unpaired) electrons. The van der Waals surface area contributed by atoms with Gasteiger partial charge in [0.15, 0.2) is 5.82 Å². The number of fused-ring (bicyclic) bond motifs is 2. The summed E-state index contributed by atoms with van der Waals surface area (Å²) in [5, 5.41) is 8.51. The molecule has 254 valence electrons. The van der Waals surface area contributed by atoms with Crippen molar-refractivity contribution < 1.29 is 28.2 Å². The molecule has 0 atom stereocenters. The van der Waals surface area contributed by atoms with Crippen molar-refractivity contribution in [2.75, 3.05) is 23.3 Å². The molecule has 0 aliphatic carbocycles. The second kappa shape index (κ2) is 13.0. The Hall–Kier alpha value is -4.78. The SMILES string of the molecule is CCN1CCc2cc(Nc3cc4cc(-c5cncc(N(C(=O)OC(C)(C)C)C(=O)OC(C)(C)C)c5C)c(F)c(Cl)c4cn3)nn2CC1=O. The highest BCUT2D eigenvalue weighted by Crippen LogP contribution is 2.39. The van der Waals surface area contributed by atoms with Crippen LogP contribution in [-0.4, -0.2) is 67.0 Å². The van der Waals surface area contributed by atoms with Gasteiger partial charge >= 0.3 is 12.2 Å². The van der Waals surface area contributed by atoms with Crippen LogP contribution < -0.4 is 10.2 Å². The number of ether oxygens (including phenoxy) is 2. The molecule has 1 N–H and O–H groups in total. The molecule has 1 aliphatic heterocycles. The van der Waals surface area contributed by atoms with Crippen LogP contribution in [0.1, 0.15) is 59.7 Å². The highest BCUT2D eigenvalue weighted by molar-refractivity contribution is 6.36. The van der Waals surface area contributed by atoms with Crippen LogP contribution in [-0.2, 0) is 27.2 Å². The number of nitrogens with zero attached hydrogens (tertiary/aromatic N) is 6. The van der Waals surface area contributed by atoms with Crippen LogP contribution in [0.3, 0.4) is 0 Å². The first-order chi connectivity index (χ1) is 22.5. The van der Waals surface area contributed by atoms with Gasteiger partial charge in [0, 0.05) is 60.2 Å². The second-order valence-corrected chi connectivity index (χ2v) is 13.9. The Morgan fingerprint density at radius 1 is 1.00 bits per heavy atom. The molecule has 4 heterocycles. The largest absolute Gasteiger partial charge is 0.443 e. The summed E-state index contributed by atoms with van der Waals surface area (Å²) in [5.41, 5.74) is -0.112. The minimum atomic E-state index is -0.971. The number of aromatic nitrogens is 4. The molecule has 5 rings (SSSR count). The van der Waals surface area contributed by atoms with Gasteiger partial charge in [-0.2, -0.15) is 10.00 Å². The van der Waals surface area contributed by atoms with E-state index < -0.39 is 29.2 Å². The number of halogens is 2. The average Bonchev–Trinajstić information content (AvgIpc) is 3.27. The van der Waals surface area contributed by atoms with E-state index in [9.17, 15) is 14.4 Å². The maximum absolute atomic E-state index is 15.9. The number of rotatable bonds is 5. The van der Waals surface area contributed by atoms with Crippen molar-refractivity contribution in [3.8, 4) is 11.1 Å². The van der Waals surface area contributed by atoms with Crippen molar-refractivity contribution >= 4 is 57.8 Å². The molecule has 0 bridgehead atoms. The maximum Gasteiger partial charge on any atom is 0.424 e. The number of anilines is 3. The number of nitrogens with one attached hydrogen (secondary N) is 1. The fourth-order valence-electron chi connectivity index (χ4n) is 5.31. The number of pyridine rings is 2. The van der Waals surface area contributed by atoms with E-state index >= 15 is 4.39 Å². The van der Waals surface area contributed by atoms with E-state index in [2.05, 4.69) is 20.4 Å². The van der Waals surface area contributed by atoms with Gasteiger partial charge in [-0.05, 0) is 78.5 Å². The van der Waals surface area contributed by atoms with E-state index in [1.807, 2.05) is 13.0 Å². The van der Waals surface area contributed by atoms with Gasteiger partial charge in [0.05, 0.1) is 16.9 Å². The summed E-state index contributed by atoms with van der Waals surface area (Å²) in [6.07, 6.45) is 2.94. The van der Waals surface area contributed by atoms with Crippen LogP contribution in [0.4, 0.5) is 31.3 Å². The summed E-state index contributed by atoms with van der Waals surface area (Å²) in [6, 6.07) is 5.19. The monoisotopic (exact) mass is 679 g/mol. The van der Waals surface area contributed by atoms with Crippen molar-refractivity contribution in [3.05, 3.63) is 58.9 Å². The highest BCUT2D eigenvalue weighted by atomic mass is 35.5. The van der Waals surface area contributed by atoms with E-state index in [0.29, 0.717) is 53.0 Å². The quantitative estimate of drug-likeness (QED) is 0.229. The Balaban J connectivity index is 1.52. The molecule has 0 spiro atoms. The molecule has 0 saturated heterocycles. The molecule has 4 aromatic rings. The summed E-state index contributed by atoms with van der Waals surface area (Å²) in [7, 11) is 0. The smallest absolute Gasteiger partial charge is 0.424 e. The molecule has 0 unspecified atom stereocenters. The number of hydrogen-bond donors (Lipinski definition) is 1. The summed E-state index contributed by atoms with van der Waals surface area (Å²) in [5.74, 6) is 0.224. The third kappa shape index (κ3) is 7.35. The first kappa shape index (κ1) is 34.6. The Morgan fingerprint density at radius 2 is 1.67 bits per heavy atom. The van der Waals surface area contributed by atoms with Gasteiger partial charge in [-0.15, -0.1) is 0 Å². The Bertz CT molecular complexity index is 1890. The fraction of sp³-hybridized carbons (Fsp3) is 0.412. The van der Waals surface area contributed by atoms with Gasteiger partial charge < -0.3 is 19.7 Å². The van der Waals surface area contributed by atoms with Crippen molar-refractivity contribution in [1.82, 2.24) is 24.6 Å². The van der Waals surface area contributed by atoms with Gasteiger partial charge in [0.2, 0.25) is 5.91 Å². The molecule has 12 nitrogen and oxygen atoms in total. The van der Waals surface area contributed by atoms with Crippen molar-refractivity contribution in [3.63, 3.8) is 0 Å². The van der Waals surface area contributed by atoms with Crippen molar-refractivity contribution in [1.29, 1.82) is 0 Å². The van der Waals surface area contributed by atoms with E-state index in [1.165, 1.54) is 18.6 Å². The summed E-state index contributed by atoms with van der Waals surface area (Å²) in [6.45, 7) is 15.0. The Labute approximate surface area is 283 Å². The normalized spacial score (nSPS) is 13.6. The van der Waals surface area contributed by atoms with Gasteiger partial charge in [-0.3, -0.25) is 14.5 Å². The molecule has 3 aromatic heterocycles. The summed E-state index contributed by atoms with van der Waals surface area (Å²) >= 11 is 6.55. The zero-order valence-corrected chi connectivity index (χ0v) is 29.0. The lowest BCUT2D eigenvalue weighted by Crippen LogP contribution is -2.44. The summed E-state index contributed by atoms with van der Waals surface area (Å²) < 4.78 is 28.7. The van der Waals surface area contributed by atoms with Crippen LogP contribution in [0.15, 0.2) is 36.8 Å². The Kier molecular flexibility index (Phi) is 9.37. The zero-order valence-electron chi connectivity index (χ0n) is 28.3. The van der Waals surface area contributed by atoms with Crippen LogP contribution in [0.5, 0.6) is 0 Å². The minimum absolute atomic E-state index is 0.00749. The lowest BCUT2D eigenvalue weighted by atomic mass is 9.98. The lowest BCUT2D eigenvalue weighted by molar-refractivity contribution is -0.131. The predicted octanol–water partition coefficient (Wildman–Crippen LogP) is 7.42. The number of carbonyl (C=O) groups excluding carboxylic acids is 3. The number of carbonyl (C=O) groups is 3. The third-order valence-electron chi connectivity index (χ3n) is 7.55. The molecule has 1 aromatic carbocycles. The van der Waals surface area contributed by atoms with E-state index in [0.717, 1.165) is 10.6 Å². The third-order valence-corrected chi connectivity index (χ3v) is 7.92. The van der Waals surface area contributed by atoms with Gasteiger partial charge in [0.25, 0.3) is 0 Å². The zero-order chi connectivity index (χ0) is 35.1. The molecule has 0 fully saturated rings. The Morgan fingerprint density at radius 3 is 2.29 bits per heavy atom. The maximum atomic E-state index is 15.9.